The number of anilines is 3. The fourth-order valence-corrected chi connectivity index (χ4v) is 2.25. The second-order valence-electron chi connectivity index (χ2n) is 4.13. The highest BCUT2D eigenvalue weighted by molar-refractivity contribution is 5.68. The van der Waals surface area contributed by atoms with Crippen LogP contribution in [0.25, 0.3) is 0 Å². The second kappa shape index (κ2) is 3.27. The van der Waals surface area contributed by atoms with Crippen molar-refractivity contribution in [3.8, 4) is 0 Å². The van der Waals surface area contributed by atoms with Crippen LogP contribution < -0.4 is 10.6 Å². The fraction of sp³-hybridized carbons (Fsp3) is 0.250. The number of nitrogens with zero attached hydrogens (tertiary/aromatic N) is 3. The molecule has 0 bridgehead atoms. The van der Waals surface area contributed by atoms with E-state index in [0.717, 1.165) is 24.6 Å². The van der Waals surface area contributed by atoms with Gasteiger partial charge in [-0.25, -0.2) is 4.98 Å². The van der Waals surface area contributed by atoms with E-state index in [9.17, 15) is 0 Å². The Hall–Kier alpha value is -1.97. The smallest absolute Gasteiger partial charge is 0.209 e. The molecule has 4 nitrogen and oxygen atoms in total. The zero-order valence-corrected chi connectivity index (χ0v) is 9.22. The number of fused-ring (bicyclic) bond motifs is 1. The van der Waals surface area contributed by atoms with E-state index in [2.05, 4.69) is 22.0 Å². The monoisotopic (exact) mass is 214 g/mol. The summed E-state index contributed by atoms with van der Waals surface area (Å²) >= 11 is 0. The summed E-state index contributed by atoms with van der Waals surface area (Å²) in [4.78, 5) is 6.61. The van der Waals surface area contributed by atoms with Gasteiger partial charge in [0, 0.05) is 37.4 Å². The van der Waals surface area contributed by atoms with Gasteiger partial charge >= 0.3 is 0 Å². The Labute approximate surface area is 94.3 Å². The van der Waals surface area contributed by atoms with Crippen molar-refractivity contribution in [3.05, 3.63) is 36.2 Å². The Bertz CT molecular complexity index is 530. The summed E-state index contributed by atoms with van der Waals surface area (Å²) in [6.07, 6.45) is 4.82. The van der Waals surface area contributed by atoms with Gasteiger partial charge in [0.1, 0.15) is 0 Å². The molecular formula is C12H14N4. The molecule has 2 N–H and O–H groups in total. The van der Waals surface area contributed by atoms with Crippen molar-refractivity contribution in [3.63, 3.8) is 0 Å². The zero-order chi connectivity index (χ0) is 11.1. The maximum absolute atomic E-state index is 5.79. The van der Waals surface area contributed by atoms with E-state index in [1.807, 2.05) is 30.1 Å². The fourth-order valence-electron chi connectivity index (χ4n) is 2.25. The van der Waals surface area contributed by atoms with E-state index in [-0.39, 0.29) is 0 Å². The van der Waals surface area contributed by atoms with Gasteiger partial charge in [-0.15, -0.1) is 0 Å². The number of hydrogen-bond acceptors (Lipinski definition) is 3. The molecule has 0 radical (unpaired) electrons. The average Bonchev–Trinajstić information content (AvgIpc) is 2.83. The van der Waals surface area contributed by atoms with Crippen LogP contribution in [0.15, 0.2) is 30.6 Å². The Morgan fingerprint density at radius 3 is 3.00 bits per heavy atom. The standard InChI is InChI=1S/C12H14N4/c1-15-7-5-14-12(15)16-6-4-9-8-10(13)2-3-11(9)16/h2-3,5,7-8H,4,6,13H2,1H3. The van der Waals surface area contributed by atoms with Gasteiger partial charge in [0.05, 0.1) is 0 Å². The molecule has 0 saturated heterocycles. The summed E-state index contributed by atoms with van der Waals surface area (Å²) in [5.74, 6) is 0.989. The number of benzene rings is 1. The molecule has 16 heavy (non-hydrogen) atoms. The van der Waals surface area contributed by atoms with E-state index in [0.29, 0.717) is 0 Å². The van der Waals surface area contributed by atoms with Crippen molar-refractivity contribution in [1.29, 1.82) is 0 Å². The highest BCUT2D eigenvalue weighted by Crippen LogP contribution is 2.34. The molecule has 1 aliphatic rings. The maximum Gasteiger partial charge on any atom is 0.209 e. The molecule has 3 rings (SSSR count). The zero-order valence-electron chi connectivity index (χ0n) is 9.22. The summed E-state index contributed by atoms with van der Waals surface area (Å²) in [5.41, 5.74) is 9.15. The van der Waals surface area contributed by atoms with Crippen LogP contribution in [0.4, 0.5) is 17.3 Å². The minimum atomic E-state index is 0.834. The third kappa shape index (κ3) is 1.26. The molecule has 2 heterocycles. The lowest BCUT2D eigenvalue weighted by molar-refractivity contribution is 0.852. The number of imidazole rings is 1. The summed E-state index contributed by atoms with van der Waals surface area (Å²) < 4.78 is 2.03. The molecule has 1 aromatic heterocycles. The summed E-state index contributed by atoms with van der Waals surface area (Å²) in [6, 6.07) is 6.07. The Kier molecular flexibility index (Phi) is 1.89. The predicted molar refractivity (Wildman–Crippen MR) is 64.8 cm³/mol. The molecule has 82 valence electrons. The van der Waals surface area contributed by atoms with Gasteiger partial charge in [-0.2, -0.15) is 0 Å². The molecule has 1 aliphatic heterocycles. The van der Waals surface area contributed by atoms with Gasteiger partial charge in [-0.1, -0.05) is 0 Å². The lowest BCUT2D eigenvalue weighted by atomic mass is 10.1. The van der Waals surface area contributed by atoms with Gasteiger partial charge in [-0.3, -0.25) is 0 Å². The third-order valence-corrected chi connectivity index (χ3v) is 3.04. The van der Waals surface area contributed by atoms with Gasteiger partial charge < -0.3 is 15.2 Å². The van der Waals surface area contributed by atoms with Gasteiger partial charge in [0.25, 0.3) is 0 Å². The lowest BCUT2D eigenvalue weighted by Crippen LogP contribution is -2.17. The summed E-state index contributed by atoms with van der Waals surface area (Å²) in [5, 5.41) is 0. The van der Waals surface area contributed by atoms with Crippen LogP contribution in [0.3, 0.4) is 0 Å². The summed E-state index contributed by atoms with van der Waals surface area (Å²) in [6.45, 7) is 0.976. The van der Waals surface area contributed by atoms with E-state index in [1.54, 1.807) is 0 Å². The van der Waals surface area contributed by atoms with Gasteiger partial charge in [0.15, 0.2) is 0 Å². The van der Waals surface area contributed by atoms with E-state index in [4.69, 9.17) is 5.73 Å². The molecule has 0 spiro atoms. The van der Waals surface area contributed by atoms with Crippen molar-refractivity contribution >= 4 is 17.3 Å². The first kappa shape index (κ1) is 9.27. The van der Waals surface area contributed by atoms with E-state index < -0.39 is 0 Å². The largest absolute Gasteiger partial charge is 0.399 e. The van der Waals surface area contributed by atoms with Crippen LogP contribution >= 0.6 is 0 Å². The first-order valence-electron chi connectivity index (χ1n) is 5.39. The number of aryl methyl sites for hydroxylation is 1. The first-order valence-corrected chi connectivity index (χ1v) is 5.39. The van der Waals surface area contributed by atoms with Crippen molar-refractivity contribution in [2.75, 3.05) is 17.2 Å². The van der Waals surface area contributed by atoms with Crippen LogP contribution in [-0.4, -0.2) is 16.1 Å². The molecule has 0 unspecified atom stereocenters. The summed E-state index contributed by atoms with van der Waals surface area (Å²) in [7, 11) is 2.01. The Balaban J connectivity index is 2.07. The maximum atomic E-state index is 5.79. The number of nitrogen functional groups attached to an aromatic ring is 1. The molecule has 4 heteroatoms. The van der Waals surface area contributed by atoms with Crippen molar-refractivity contribution < 1.29 is 0 Å². The molecule has 0 amide bonds. The molecular weight excluding hydrogens is 200 g/mol. The van der Waals surface area contributed by atoms with Crippen molar-refractivity contribution in [1.82, 2.24) is 9.55 Å². The van der Waals surface area contributed by atoms with Gasteiger partial charge in [-0.05, 0) is 30.2 Å². The topological polar surface area (TPSA) is 47.1 Å². The Morgan fingerprint density at radius 2 is 2.25 bits per heavy atom. The van der Waals surface area contributed by atoms with Crippen LogP contribution in [0.1, 0.15) is 5.56 Å². The first-order chi connectivity index (χ1) is 7.75. The van der Waals surface area contributed by atoms with Crippen LogP contribution in [0.5, 0.6) is 0 Å². The number of rotatable bonds is 1. The molecule has 0 saturated carbocycles. The predicted octanol–water partition coefficient (Wildman–Crippen LogP) is 1.70. The quantitative estimate of drug-likeness (QED) is 0.735. The van der Waals surface area contributed by atoms with Crippen LogP contribution in [0.2, 0.25) is 0 Å². The number of aromatic nitrogens is 2. The molecule has 2 aromatic rings. The highest BCUT2D eigenvalue weighted by atomic mass is 15.3. The van der Waals surface area contributed by atoms with Crippen LogP contribution in [0, 0.1) is 0 Å². The van der Waals surface area contributed by atoms with Crippen molar-refractivity contribution in [2.45, 2.75) is 6.42 Å². The molecule has 1 aromatic carbocycles. The minimum absolute atomic E-state index is 0.834. The normalized spacial score (nSPS) is 14.2. The second-order valence-corrected chi connectivity index (χ2v) is 4.13. The Morgan fingerprint density at radius 1 is 1.38 bits per heavy atom. The molecule has 0 aliphatic carbocycles. The van der Waals surface area contributed by atoms with E-state index in [1.165, 1.54) is 11.3 Å². The van der Waals surface area contributed by atoms with Crippen LogP contribution in [-0.2, 0) is 13.5 Å². The lowest BCUT2D eigenvalue weighted by Gasteiger charge is -2.18. The minimum Gasteiger partial charge on any atom is -0.399 e. The molecule has 0 atom stereocenters. The van der Waals surface area contributed by atoms with E-state index >= 15 is 0 Å². The highest BCUT2D eigenvalue weighted by Gasteiger charge is 2.22. The third-order valence-electron chi connectivity index (χ3n) is 3.04. The molecule has 0 fully saturated rings. The van der Waals surface area contributed by atoms with Gasteiger partial charge in [0.2, 0.25) is 5.95 Å². The van der Waals surface area contributed by atoms with Crippen molar-refractivity contribution in [2.24, 2.45) is 7.05 Å². The number of nitrogens with two attached hydrogens (primary N) is 1. The average molecular weight is 214 g/mol. The SMILES string of the molecule is Cn1ccnc1N1CCc2cc(N)ccc21. The number of hydrogen-bond donors (Lipinski definition) is 1.